The zero-order valence-electron chi connectivity index (χ0n) is 9.55. The molecular weight excluding hydrogens is 204 g/mol. The number of carboxylic acid groups (broad SMARTS) is 1. The van der Waals surface area contributed by atoms with Crippen LogP contribution >= 0.6 is 0 Å². The van der Waals surface area contributed by atoms with Gasteiger partial charge in [-0.1, -0.05) is 6.92 Å². The Hall–Kier alpha value is -1.58. The van der Waals surface area contributed by atoms with Gasteiger partial charge in [0.05, 0.1) is 5.69 Å². The maximum absolute atomic E-state index is 11.1. The van der Waals surface area contributed by atoms with Crippen molar-refractivity contribution in [3.05, 3.63) is 24.0 Å². The Morgan fingerprint density at radius 2 is 2.31 bits per heavy atom. The molecule has 0 spiro atoms. The fraction of sp³-hybridized carbons (Fsp3) is 0.500. The zero-order valence-corrected chi connectivity index (χ0v) is 9.55. The molecule has 1 saturated heterocycles. The van der Waals surface area contributed by atoms with Gasteiger partial charge in [0.1, 0.15) is 5.56 Å². The molecule has 1 aromatic rings. The topological polar surface area (TPSA) is 53.4 Å². The predicted octanol–water partition coefficient (Wildman–Crippen LogP) is 2.01. The molecule has 1 aliphatic heterocycles. The second kappa shape index (κ2) is 4.12. The SMILES string of the molecule is CC1CC(C)N(c2ccncc2C(=O)O)C1. The van der Waals surface area contributed by atoms with E-state index < -0.39 is 5.97 Å². The summed E-state index contributed by atoms with van der Waals surface area (Å²) in [6.07, 6.45) is 4.19. The lowest BCUT2D eigenvalue weighted by Gasteiger charge is -2.25. The summed E-state index contributed by atoms with van der Waals surface area (Å²) in [6.45, 7) is 5.25. The molecule has 0 aromatic carbocycles. The van der Waals surface area contributed by atoms with Crippen molar-refractivity contribution in [1.29, 1.82) is 0 Å². The third kappa shape index (κ3) is 1.87. The van der Waals surface area contributed by atoms with Crippen LogP contribution in [0, 0.1) is 5.92 Å². The van der Waals surface area contributed by atoms with Crippen LogP contribution in [0.3, 0.4) is 0 Å². The number of pyridine rings is 1. The summed E-state index contributed by atoms with van der Waals surface area (Å²) in [5.41, 5.74) is 1.09. The standard InChI is InChI=1S/C12H16N2O2/c1-8-5-9(2)14(7-8)11-3-4-13-6-10(11)12(15)16/h3-4,6,8-9H,5,7H2,1-2H3,(H,15,16). The summed E-state index contributed by atoms with van der Waals surface area (Å²) in [6, 6.07) is 2.19. The number of carboxylic acids is 1. The summed E-state index contributed by atoms with van der Waals surface area (Å²) < 4.78 is 0. The summed E-state index contributed by atoms with van der Waals surface area (Å²) in [5.74, 6) is -0.292. The molecule has 1 fully saturated rings. The average molecular weight is 220 g/mol. The zero-order chi connectivity index (χ0) is 11.7. The fourth-order valence-corrected chi connectivity index (χ4v) is 2.44. The molecule has 1 aliphatic rings. The minimum Gasteiger partial charge on any atom is -0.478 e. The van der Waals surface area contributed by atoms with Gasteiger partial charge < -0.3 is 10.0 Å². The first-order valence-electron chi connectivity index (χ1n) is 5.53. The fourth-order valence-electron chi connectivity index (χ4n) is 2.44. The summed E-state index contributed by atoms with van der Waals surface area (Å²) in [7, 11) is 0. The Bertz CT molecular complexity index is 406. The molecular formula is C12H16N2O2. The largest absolute Gasteiger partial charge is 0.478 e. The molecule has 16 heavy (non-hydrogen) atoms. The summed E-state index contributed by atoms with van der Waals surface area (Å²) >= 11 is 0. The number of hydrogen-bond acceptors (Lipinski definition) is 3. The molecule has 1 aromatic heterocycles. The van der Waals surface area contributed by atoms with E-state index in [1.54, 1.807) is 12.3 Å². The number of rotatable bonds is 2. The highest BCUT2D eigenvalue weighted by atomic mass is 16.4. The Morgan fingerprint density at radius 3 is 2.88 bits per heavy atom. The van der Waals surface area contributed by atoms with Crippen LogP contribution < -0.4 is 4.90 Å². The second-order valence-corrected chi connectivity index (χ2v) is 4.54. The van der Waals surface area contributed by atoms with Gasteiger partial charge in [0.2, 0.25) is 0 Å². The van der Waals surface area contributed by atoms with Crippen molar-refractivity contribution in [2.75, 3.05) is 11.4 Å². The minimum absolute atomic E-state index is 0.295. The lowest BCUT2D eigenvalue weighted by atomic mass is 10.1. The molecule has 0 bridgehead atoms. The molecule has 86 valence electrons. The molecule has 0 amide bonds. The molecule has 2 atom stereocenters. The van der Waals surface area contributed by atoms with Crippen molar-refractivity contribution in [2.24, 2.45) is 5.92 Å². The van der Waals surface area contributed by atoms with E-state index in [1.807, 2.05) is 0 Å². The summed E-state index contributed by atoms with van der Waals surface area (Å²) in [4.78, 5) is 17.1. The van der Waals surface area contributed by atoms with Crippen LogP contribution in [-0.2, 0) is 0 Å². The quantitative estimate of drug-likeness (QED) is 0.828. The molecule has 4 nitrogen and oxygen atoms in total. The minimum atomic E-state index is -0.908. The van der Waals surface area contributed by atoms with E-state index in [2.05, 4.69) is 23.7 Å². The molecule has 0 saturated carbocycles. The van der Waals surface area contributed by atoms with Crippen molar-refractivity contribution in [3.8, 4) is 0 Å². The van der Waals surface area contributed by atoms with Crippen molar-refractivity contribution in [2.45, 2.75) is 26.3 Å². The van der Waals surface area contributed by atoms with Gasteiger partial charge in [-0.05, 0) is 25.3 Å². The number of nitrogens with zero attached hydrogens (tertiary/aromatic N) is 2. The lowest BCUT2D eigenvalue weighted by molar-refractivity contribution is 0.0697. The van der Waals surface area contributed by atoms with E-state index >= 15 is 0 Å². The Balaban J connectivity index is 2.36. The van der Waals surface area contributed by atoms with E-state index in [0.717, 1.165) is 18.7 Å². The van der Waals surface area contributed by atoms with Crippen LogP contribution in [0.15, 0.2) is 18.5 Å². The lowest BCUT2D eigenvalue weighted by Crippen LogP contribution is -2.28. The number of anilines is 1. The van der Waals surface area contributed by atoms with Gasteiger partial charge in [-0.3, -0.25) is 4.98 Å². The van der Waals surface area contributed by atoms with Gasteiger partial charge in [-0.2, -0.15) is 0 Å². The first kappa shape index (κ1) is 10.9. The molecule has 0 aliphatic carbocycles. The van der Waals surface area contributed by atoms with Crippen LogP contribution in [0.2, 0.25) is 0 Å². The normalized spacial score (nSPS) is 24.8. The highest BCUT2D eigenvalue weighted by Crippen LogP contribution is 2.30. The molecule has 1 N–H and O–H groups in total. The van der Waals surface area contributed by atoms with Crippen molar-refractivity contribution < 1.29 is 9.90 Å². The highest BCUT2D eigenvalue weighted by molar-refractivity contribution is 5.94. The molecule has 2 unspecified atom stereocenters. The highest BCUT2D eigenvalue weighted by Gasteiger charge is 2.28. The smallest absolute Gasteiger partial charge is 0.339 e. The van der Waals surface area contributed by atoms with Gasteiger partial charge in [0, 0.05) is 25.0 Å². The maximum atomic E-state index is 11.1. The number of carbonyl (C=O) groups is 1. The van der Waals surface area contributed by atoms with Crippen LogP contribution in [0.5, 0.6) is 0 Å². The number of hydrogen-bond donors (Lipinski definition) is 1. The molecule has 2 rings (SSSR count). The monoisotopic (exact) mass is 220 g/mol. The van der Waals surface area contributed by atoms with E-state index in [-0.39, 0.29) is 0 Å². The number of aromatic carboxylic acids is 1. The maximum Gasteiger partial charge on any atom is 0.339 e. The van der Waals surface area contributed by atoms with Gasteiger partial charge in [-0.15, -0.1) is 0 Å². The first-order chi connectivity index (χ1) is 7.59. The third-order valence-corrected chi connectivity index (χ3v) is 3.12. The van der Waals surface area contributed by atoms with Crippen LogP contribution in [0.1, 0.15) is 30.6 Å². The Labute approximate surface area is 94.9 Å². The van der Waals surface area contributed by atoms with E-state index in [9.17, 15) is 4.79 Å². The van der Waals surface area contributed by atoms with Crippen LogP contribution in [0.25, 0.3) is 0 Å². The Kier molecular flexibility index (Phi) is 2.81. The van der Waals surface area contributed by atoms with Crippen molar-refractivity contribution >= 4 is 11.7 Å². The van der Waals surface area contributed by atoms with Crippen LogP contribution in [0.4, 0.5) is 5.69 Å². The average Bonchev–Trinajstić information content (AvgIpc) is 2.57. The van der Waals surface area contributed by atoms with Crippen molar-refractivity contribution in [3.63, 3.8) is 0 Å². The van der Waals surface area contributed by atoms with Gasteiger partial charge in [0.15, 0.2) is 0 Å². The molecule has 4 heteroatoms. The van der Waals surface area contributed by atoms with Gasteiger partial charge in [0.25, 0.3) is 0 Å². The van der Waals surface area contributed by atoms with Crippen LogP contribution in [-0.4, -0.2) is 28.6 Å². The molecule has 0 radical (unpaired) electrons. The number of aromatic nitrogens is 1. The Morgan fingerprint density at radius 1 is 1.56 bits per heavy atom. The van der Waals surface area contributed by atoms with Crippen molar-refractivity contribution in [1.82, 2.24) is 4.98 Å². The van der Waals surface area contributed by atoms with E-state index in [1.165, 1.54) is 6.20 Å². The summed E-state index contributed by atoms with van der Waals surface area (Å²) in [5, 5.41) is 9.11. The van der Waals surface area contributed by atoms with E-state index in [4.69, 9.17) is 5.11 Å². The van der Waals surface area contributed by atoms with E-state index in [0.29, 0.717) is 17.5 Å². The van der Waals surface area contributed by atoms with Gasteiger partial charge >= 0.3 is 5.97 Å². The second-order valence-electron chi connectivity index (χ2n) is 4.54. The predicted molar refractivity (Wildman–Crippen MR) is 61.8 cm³/mol. The first-order valence-corrected chi connectivity index (χ1v) is 5.53. The third-order valence-electron chi connectivity index (χ3n) is 3.12. The molecule has 2 heterocycles. The van der Waals surface area contributed by atoms with Gasteiger partial charge in [-0.25, -0.2) is 4.79 Å².